The zero-order chi connectivity index (χ0) is 11.4. The molecule has 1 rings (SSSR count). The number of benzene rings is 1. The third-order valence-electron chi connectivity index (χ3n) is 1.86. The van der Waals surface area contributed by atoms with Crippen molar-refractivity contribution in [3.05, 3.63) is 22.2 Å². The van der Waals surface area contributed by atoms with Gasteiger partial charge < -0.3 is 14.6 Å². The molecule has 0 aliphatic carbocycles. The summed E-state index contributed by atoms with van der Waals surface area (Å²) in [5.74, 6) is 0.0691. The van der Waals surface area contributed by atoms with Crippen molar-refractivity contribution in [3.63, 3.8) is 0 Å². The fourth-order valence-electron chi connectivity index (χ4n) is 1.30. The van der Waals surface area contributed by atoms with E-state index in [1.54, 1.807) is 12.1 Å². The fourth-order valence-corrected chi connectivity index (χ4v) is 1.78. The number of carbonyl (C=O) groups is 1. The Morgan fingerprint density at radius 3 is 2.53 bits per heavy atom. The van der Waals surface area contributed by atoms with Crippen molar-refractivity contribution in [2.24, 2.45) is 0 Å². The van der Waals surface area contributed by atoms with Crippen LogP contribution < -0.4 is 9.47 Å². The van der Waals surface area contributed by atoms with E-state index in [0.717, 1.165) is 4.47 Å². The number of halogens is 1. The van der Waals surface area contributed by atoms with Crippen LogP contribution in [-0.4, -0.2) is 25.3 Å². The SMILES string of the molecule is COc1cc(Br)cc(CC(=O)O)c1OC. The van der Waals surface area contributed by atoms with Gasteiger partial charge in [-0.3, -0.25) is 4.79 Å². The normalized spacial score (nSPS) is 9.80. The van der Waals surface area contributed by atoms with Crippen LogP contribution in [0.3, 0.4) is 0 Å². The molecule has 0 saturated carbocycles. The van der Waals surface area contributed by atoms with Gasteiger partial charge in [0, 0.05) is 10.0 Å². The number of carboxylic acids is 1. The molecule has 0 atom stereocenters. The summed E-state index contributed by atoms with van der Waals surface area (Å²) >= 11 is 3.28. The summed E-state index contributed by atoms with van der Waals surface area (Å²) in [4.78, 5) is 10.6. The van der Waals surface area contributed by atoms with Gasteiger partial charge in [-0.25, -0.2) is 0 Å². The fraction of sp³-hybridized carbons (Fsp3) is 0.300. The number of carboxylic acid groups (broad SMARTS) is 1. The number of hydrogen-bond donors (Lipinski definition) is 1. The van der Waals surface area contributed by atoms with Crippen molar-refractivity contribution in [2.45, 2.75) is 6.42 Å². The third-order valence-corrected chi connectivity index (χ3v) is 2.32. The summed E-state index contributed by atoms with van der Waals surface area (Å²) in [5.41, 5.74) is 0.580. The molecule has 0 heterocycles. The highest BCUT2D eigenvalue weighted by molar-refractivity contribution is 9.10. The number of aliphatic carboxylic acids is 1. The monoisotopic (exact) mass is 274 g/mol. The van der Waals surface area contributed by atoms with Crippen LogP contribution >= 0.6 is 15.9 Å². The maximum Gasteiger partial charge on any atom is 0.307 e. The van der Waals surface area contributed by atoms with Gasteiger partial charge >= 0.3 is 5.97 Å². The second-order valence-electron chi connectivity index (χ2n) is 2.87. The van der Waals surface area contributed by atoms with Crippen molar-refractivity contribution in [3.8, 4) is 11.5 Å². The van der Waals surface area contributed by atoms with Crippen molar-refractivity contribution in [1.29, 1.82) is 0 Å². The van der Waals surface area contributed by atoms with Crippen LogP contribution in [0.4, 0.5) is 0 Å². The Balaban J connectivity index is 3.22. The van der Waals surface area contributed by atoms with Crippen molar-refractivity contribution in [1.82, 2.24) is 0 Å². The Morgan fingerprint density at radius 1 is 1.40 bits per heavy atom. The van der Waals surface area contributed by atoms with Crippen LogP contribution in [0, 0.1) is 0 Å². The maximum absolute atomic E-state index is 10.6. The molecule has 1 aromatic carbocycles. The largest absolute Gasteiger partial charge is 0.493 e. The number of hydrogen-bond acceptors (Lipinski definition) is 3. The molecule has 0 bridgehead atoms. The van der Waals surface area contributed by atoms with E-state index in [0.29, 0.717) is 17.1 Å². The lowest BCUT2D eigenvalue weighted by atomic mass is 10.1. The number of ether oxygens (including phenoxy) is 2. The van der Waals surface area contributed by atoms with Crippen molar-refractivity contribution < 1.29 is 19.4 Å². The van der Waals surface area contributed by atoms with E-state index in [4.69, 9.17) is 14.6 Å². The first kappa shape index (κ1) is 11.8. The summed E-state index contributed by atoms with van der Waals surface area (Å²) in [5, 5.41) is 8.73. The summed E-state index contributed by atoms with van der Waals surface area (Å²) in [6.07, 6.45) is -0.0982. The van der Waals surface area contributed by atoms with Gasteiger partial charge in [0.1, 0.15) is 0 Å². The molecule has 4 nitrogen and oxygen atoms in total. The molecule has 0 unspecified atom stereocenters. The molecule has 0 aromatic heterocycles. The molecule has 0 amide bonds. The molecule has 0 fully saturated rings. The highest BCUT2D eigenvalue weighted by Gasteiger charge is 2.13. The van der Waals surface area contributed by atoms with Crippen LogP contribution in [0.2, 0.25) is 0 Å². The zero-order valence-electron chi connectivity index (χ0n) is 8.41. The summed E-state index contributed by atoms with van der Waals surface area (Å²) in [6, 6.07) is 3.43. The Morgan fingerprint density at radius 2 is 2.07 bits per heavy atom. The molecule has 5 heteroatoms. The van der Waals surface area contributed by atoms with E-state index in [1.165, 1.54) is 14.2 Å². The molecular weight excluding hydrogens is 264 g/mol. The lowest BCUT2D eigenvalue weighted by Crippen LogP contribution is -2.03. The smallest absolute Gasteiger partial charge is 0.307 e. The minimum atomic E-state index is -0.909. The molecule has 0 radical (unpaired) electrons. The molecule has 0 spiro atoms. The molecule has 15 heavy (non-hydrogen) atoms. The Kier molecular flexibility index (Phi) is 3.96. The van der Waals surface area contributed by atoms with Gasteiger partial charge in [0.25, 0.3) is 0 Å². The molecule has 0 aliphatic rings. The molecule has 0 aliphatic heterocycles. The van der Waals surface area contributed by atoms with Gasteiger partial charge in [-0.15, -0.1) is 0 Å². The standard InChI is InChI=1S/C10H11BrO4/c1-14-8-5-7(11)3-6(4-9(12)13)10(8)15-2/h3,5H,4H2,1-2H3,(H,12,13). The first-order valence-corrected chi connectivity index (χ1v) is 5.00. The summed E-state index contributed by atoms with van der Waals surface area (Å²) in [6.45, 7) is 0. The lowest BCUT2D eigenvalue weighted by Gasteiger charge is -2.12. The van der Waals surface area contributed by atoms with Crippen LogP contribution in [0.25, 0.3) is 0 Å². The topological polar surface area (TPSA) is 55.8 Å². The van der Waals surface area contributed by atoms with Gasteiger partial charge in [0.15, 0.2) is 11.5 Å². The highest BCUT2D eigenvalue weighted by Crippen LogP contribution is 2.34. The van der Waals surface area contributed by atoms with Crippen LogP contribution in [0.1, 0.15) is 5.56 Å². The van der Waals surface area contributed by atoms with Gasteiger partial charge in [-0.05, 0) is 12.1 Å². The zero-order valence-corrected chi connectivity index (χ0v) is 10.00. The van der Waals surface area contributed by atoms with Crippen molar-refractivity contribution in [2.75, 3.05) is 14.2 Å². The van der Waals surface area contributed by atoms with Crippen LogP contribution in [-0.2, 0) is 11.2 Å². The minimum Gasteiger partial charge on any atom is -0.493 e. The van der Waals surface area contributed by atoms with E-state index < -0.39 is 5.97 Å². The maximum atomic E-state index is 10.6. The third kappa shape index (κ3) is 2.86. The second kappa shape index (κ2) is 5.02. The average molecular weight is 275 g/mol. The van der Waals surface area contributed by atoms with E-state index in [2.05, 4.69) is 15.9 Å². The van der Waals surface area contributed by atoms with Crippen molar-refractivity contribution >= 4 is 21.9 Å². The van der Waals surface area contributed by atoms with E-state index in [-0.39, 0.29) is 6.42 Å². The summed E-state index contributed by atoms with van der Waals surface area (Å²) in [7, 11) is 2.99. The molecule has 0 saturated heterocycles. The Hall–Kier alpha value is -1.23. The molecule has 82 valence electrons. The number of methoxy groups -OCH3 is 2. The van der Waals surface area contributed by atoms with E-state index >= 15 is 0 Å². The first-order valence-electron chi connectivity index (χ1n) is 4.20. The molecular formula is C10H11BrO4. The average Bonchev–Trinajstić information content (AvgIpc) is 2.15. The lowest BCUT2D eigenvalue weighted by molar-refractivity contribution is -0.136. The molecule has 1 aromatic rings. The predicted molar refractivity (Wildman–Crippen MR) is 58.6 cm³/mol. The Bertz CT molecular complexity index is 376. The van der Waals surface area contributed by atoms with Gasteiger partial charge in [0.05, 0.1) is 20.6 Å². The van der Waals surface area contributed by atoms with Crippen LogP contribution in [0.5, 0.6) is 11.5 Å². The van der Waals surface area contributed by atoms with Gasteiger partial charge in [-0.2, -0.15) is 0 Å². The number of rotatable bonds is 4. The summed E-state index contributed by atoms with van der Waals surface area (Å²) < 4.78 is 11.0. The minimum absolute atomic E-state index is 0.0982. The first-order chi connectivity index (χ1) is 7.08. The highest BCUT2D eigenvalue weighted by atomic mass is 79.9. The second-order valence-corrected chi connectivity index (χ2v) is 3.79. The van der Waals surface area contributed by atoms with Gasteiger partial charge in [-0.1, -0.05) is 15.9 Å². The van der Waals surface area contributed by atoms with E-state index in [9.17, 15) is 4.79 Å². The quantitative estimate of drug-likeness (QED) is 0.914. The Labute approximate surface area is 95.9 Å². The van der Waals surface area contributed by atoms with Crippen LogP contribution in [0.15, 0.2) is 16.6 Å². The van der Waals surface area contributed by atoms with Gasteiger partial charge in [0.2, 0.25) is 0 Å². The predicted octanol–water partition coefficient (Wildman–Crippen LogP) is 2.09. The van der Waals surface area contributed by atoms with E-state index in [1.807, 2.05) is 0 Å². The molecule has 1 N–H and O–H groups in total.